The van der Waals surface area contributed by atoms with Crippen molar-refractivity contribution in [1.82, 2.24) is 0 Å². The fourth-order valence-electron chi connectivity index (χ4n) is 5.59. The zero-order valence-electron chi connectivity index (χ0n) is 20.9. The van der Waals surface area contributed by atoms with E-state index in [9.17, 15) is 0 Å². The number of hydrogen-bond donors (Lipinski definition) is 1. The lowest BCUT2D eigenvalue weighted by Crippen LogP contribution is -2.17. The minimum atomic E-state index is -0.0570. The molecule has 176 valence electrons. The molecule has 1 aromatic heterocycles. The number of anilines is 2. The molecule has 0 aliphatic heterocycles. The molecule has 0 radical (unpaired) electrons. The van der Waals surface area contributed by atoms with Crippen molar-refractivity contribution in [1.29, 1.82) is 0 Å². The van der Waals surface area contributed by atoms with E-state index >= 15 is 0 Å². The predicted molar refractivity (Wildman–Crippen MR) is 159 cm³/mol. The SMILES string of the molecule is C=C/C=C\C1=C(C)C(C)(C)c2c(Nc3cccc(-c4cccc5sc6ccccc6c45)c3)cccc21. The second-order valence-corrected chi connectivity index (χ2v) is 11.1. The van der Waals surface area contributed by atoms with Crippen LogP contribution in [0.15, 0.2) is 115 Å². The third-order valence-electron chi connectivity index (χ3n) is 7.58. The van der Waals surface area contributed by atoms with Gasteiger partial charge in [0.1, 0.15) is 0 Å². The zero-order chi connectivity index (χ0) is 24.9. The van der Waals surface area contributed by atoms with Gasteiger partial charge in [0, 0.05) is 37.0 Å². The zero-order valence-corrected chi connectivity index (χ0v) is 21.7. The average molecular weight is 484 g/mol. The third-order valence-corrected chi connectivity index (χ3v) is 8.71. The molecule has 36 heavy (non-hydrogen) atoms. The largest absolute Gasteiger partial charge is 0.355 e. The molecule has 0 saturated carbocycles. The second-order valence-electron chi connectivity index (χ2n) is 9.97. The van der Waals surface area contributed by atoms with Crippen molar-refractivity contribution in [3.63, 3.8) is 0 Å². The van der Waals surface area contributed by atoms with Crippen LogP contribution in [-0.4, -0.2) is 0 Å². The fourth-order valence-corrected chi connectivity index (χ4v) is 6.73. The van der Waals surface area contributed by atoms with Crippen molar-refractivity contribution in [3.8, 4) is 11.1 Å². The Morgan fingerprint density at radius 1 is 0.833 bits per heavy atom. The second kappa shape index (κ2) is 8.65. The topological polar surface area (TPSA) is 12.0 Å². The Labute approximate surface area is 217 Å². The summed E-state index contributed by atoms with van der Waals surface area (Å²) in [6.07, 6.45) is 6.06. The molecule has 1 nitrogen and oxygen atoms in total. The smallest absolute Gasteiger partial charge is 0.0431 e. The molecule has 0 amide bonds. The Hall–Kier alpha value is -3.88. The van der Waals surface area contributed by atoms with E-state index in [1.54, 1.807) is 0 Å². The lowest BCUT2D eigenvalue weighted by molar-refractivity contribution is 0.641. The molecule has 0 unspecified atom stereocenters. The number of hydrogen-bond acceptors (Lipinski definition) is 2. The molecular formula is C34H29NS. The minimum absolute atomic E-state index is 0.0570. The summed E-state index contributed by atoms with van der Waals surface area (Å²) in [6.45, 7) is 10.7. The summed E-state index contributed by atoms with van der Waals surface area (Å²) in [5.74, 6) is 0. The van der Waals surface area contributed by atoms with E-state index in [4.69, 9.17) is 0 Å². The quantitative estimate of drug-likeness (QED) is 0.245. The molecule has 0 spiro atoms. The lowest BCUT2D eigenvalue weighted by Gasteiger charge is -2.25. The minimum Gasteiger partial charge on any atom is -0.355 e. The Kier molecular flexibility index (Phi) is 5.43. The van der Waals surface area contributed by atoms with Crippen molar-refractivity contribution >= 4 is 48.5 Å². The number of allylic oxidation sites excluding steroid dienone is 5. The molecular weight excluding hydrogens is 454 g/mol. The van der Waals surface area contributed by atoms with Gasteiger partial charge in [-0.05, 0) is 65.1 Å². The number of thiophene rings is 1. The summed E-state index contributed by atoms with van der Waals surface area (Å²) in [6, 6.07) is 30.8. The maximum atomic E-state index is 3.86. The highest BCUT2D eigenvalue weighted by atomic mass is 32.1. The first kappa shape index (κ1) is 22.6. The van der Waals surface area contributed by atoms with Crippen LogP contribution >= 0.6 is 11.3 Å². The van der Waals surface area contributed by atoms with Crippen LogP contribution in [0.25, 0.3) is 36.9 Å². The molecule has 5 aromatic rings. The normalized spacial score (nSPS) is 14.6. The summed E-state index contributed by atoms with van der Waals surface area (Å²) in [4.78, 5) is 0. The van der Waals surface area contributed by atoms with Crippen LogP contribution in [0.1, 0.15) is 31.9 Å². The van der Waals surface area contributed by atoms with Gasteiger partial charge < -0.3 is 5.32 Å². The highest BCUT2D eigenvalue weighted by Crippen LogP contribution is 2.50. The molecule has 1 aliphatic carbocycles. The van der Waals surface area contributed by atoms with Gasteiger partial charge in [0.05, 0.1) is 0 Å². The predicted octanol–water partition coefficient (Wildman–Crippen LogP) is 10.3. The molecule has 6 rings (SSSR count). The van der Waals surface area contributed by atoms with Crippen LogP contribution in [0, 0.1) is 0 Å². The molecule has 0 saturated heterocycles. The van der Waals surface area contributed by atoms with Crippen LogP contribution in [-0.2, 0) is 5.41 Å². The van der Waals surface area contributed by atoms with Gasteiger partial charge in [0.25, 0.3) is 0 Å². The van der Waals surface area contributed by atoms with Gasteiger partial charge >= 0.3 is 0 Å². The summed E-state index contributed by atoms with van der Waals surface area (Å²) in [5, 5.41) is 6.45. The lowest BCUT2D eigenvalue weighted by atomic mass is 9.81. The Balaban J connectivity index is 1.43. The average Bonchev–Trinajstić information content (AvgIpc) is 3.36. The maximum Gasteiger partial charge on any atom is 0.0431 e. The van der Waals surface area contributed by atoms with Crippen LogP contribution in [0.5, 0.6) is 0 Å². The van der Waals surface area contributed by atoms with Crippen LogP contribution < -0.4 is 5.32 Å². The van der Waals surface area contributed by atoms with Crippen LogP contribution in [0.3, 0.4) is 0 Å². The van der Waals surface area contributed by atoms with E-state index in [1.165, 1.54) is 53.6 Å². The molecule has 4 aromatic carbocycles. The highest BCUT2D eigenvalue weighted by molar-refractivity contribution is 7.25. The molecule has 2 heteroatoms. The summed E-state index contributed by atoms with van der Waals surface area (Å²) < 4.78 is 2.66. The van der Waals surface area contributed by atoms with Gasteiger partial charge in [-0.1, -0.05) is 98.8 Å². The van der Waals surface area contributed by atoms with Crippen molar-refractivity contribution in [2.24, 2.45) is 0 Å². The van der Waals surface area contributed by atoms with Gasteiger partial charge in [-0.2, -0.15) is 0 Å². The van der Waals surface area contributed by atoms with E-state index in [1.807, 2.05) is 23.5 Å². The van der Waals surface area contributed by atoms with E-state index in [0.717, 1.165) is 11.4 Å². The first-order valence-corrected chi connectivity index (χ1v) is 13.2. The Bertz CT molecular complexity index is 1710. The molecule has 1 heterocycles. The maximum absolute atomic E-state index is 3.86. The molecule has 0 atom stereocenters. The highest BCUT2D eigenvalue weighted by Gasteiger charge is 2.36. The first-order valence-electron chi connectivity index (χ1n) is 12.4. The van der Waals surface area contributed by atoms with Gasteiger partial charge in [0.2, 0.25) is 0 Å². The van der Waals surface area contributed by atoms with E-state index < -0.39 is 0 Å². The van der Waals surface area contributed by atoms with Crippen molar-refractivity contribution in [3.05, 3.63) is 126 Å². The molecule has 0 fully saturated rings. The molecule has 0 bridgehead atoms. The van der Waals surface area contributed by atoms with E-state index in [2.05, 4.69) is 124 Å². The molecule has 1 aliphatic rings. The number of benzene rings is 4. The fraction of sp³-hybridized carbons (Fsp3) is 0.118. The number of fused-ring (bicyclic) bond motifs is 4. The number of nitrogens with one attached hydrogen (secondary N) is 1. The van der Waals surface area contributed by atoms with Crippen LogP contribution in [0.2, 0.25) is 0 Å². The standard InChI is InChI=1S/C34H29NS/c1-5-6-14-25-22(2)34(3,4)33-27(25)17-10-18-29(33)35-24-13-9-12-23(21-24)26-16-11-20-31-32(26)28-15-7-8-19-30(28)36-31/h5-21,35H,1H2,2-4H3/b14-6-. The first-order chi connectivity index (χ1) is 17.5. The Morgan fingerprint density at radius 2 is 1.58 bits per heavy atom. The molecule has 1 N–H and O–H groups in total. The summed E-state index contributed by atoms with van der Waals surface area (Å²) in [5.41, 5.74) is 10.0. The third kappa shape index (κ3) is 3.53. The number of rotatable bonds is 5. The van der Waals surface area contributed by atoms with Gasteiger partial charge in [-0.25, -0.2) is 0 Å². The van der Waals surface area contributed by atoms with E-state index in [0.29, 0.717) is 0 Å². The summed E-state index contributed by atoms with van der Waals surface area (Å²) in [7, 11) is 0. The van der Waals surface area contributed by atoms with Crippen molar-refractivity contribution < 1.29 is 0 Å². The van der Waals surface area contributed by atoms with E-state index in [-0.39, 0.29) is 5.41 Å². The van der Waals surface area contributed by atoms with Crippen LogP contribution in [0.4, 0.5) is 11.4 Å². The van der Waals surface area contributed by atoms with Gasteiger partial charge in [-0.15, -0.1) is 11.3 Å². The van der Waals surface area contributed by atoms with Crippen molar-refractivity contribution in [2.45, 2.75) is 26.2 Å². The van der Waals surface area contributed by atoms with Crippen molar-refractivity contribution in [2.75, 3.05) is 5.32 Å². The summed E-state index contributed by atoms with van der Waals surface area (Å²) >= 11 is 1.86. The van der Waals surface area contributed by atoms with Gasteiger partial charge in [-0.3, -0.25) is 0 Å². The van der Waals surface area contributed by atoms with Gasteiger partial charge in [0.15, 0.2) is 0 Å². The monoisotopic (exact) mass is 483 g/mol. The Morgan fingerprint density at radius 3 is 2.44 bits per heavy atom.